The highest BCUT2D eigenvalue weighted by atomic mass is 35.5. The maximum atomic E-state index is 13.2. The van der Waals surface area contributed by atoms with Crippen LogP contribution in [-0.4, -0.2) is 73.3 Å². The van der Waals surface area contributed by atoms with E-state index >= 15 is 0 Å². The number of aromatic nitrogens is 1. The van der Waals surface area contributed by atoms with Gasteiger partial charge in [-0.1, -0.05) is 11.6 Å². The fourth-order valence-electron chi connectivity index (χ4n) is 4.83. The predicted molar refractivity (Wildman–Crippen MR) is 150 cm³/mol. The van der Waals surface area contributed by atoms with Gasteiger partial charge in [-0.3, -0.25) is 14.6 Å². The molecule has 0 aromatic carbocycles. The van der Waals surface area contributed by atoms with Gasteiger partial charge in [0.2, 0.25) is 11.8 Å². The fraction of sp³-hybridized carbons (Fsp3) is 0.400. The zero-order valence-electron chi connectivity index (χ0n) is 20.5. The normalized spacial score (nSPS) is 20.2. The summed E-state index contributed by atoms with van der Waals surface area (Å²) in [6, 6.07) is 9.81. The first-order valence-electron chi connectivity index (χ1n) is 12.4. The first-order chi connectivity index (χ1) is 18.3. The first-order valence-corrected chi connectivity index (χ1v) is 15.9. The van der Waals surface area contributed by atoms with Crippen molar-refractivity contribution < 1.29 is 18.0 Å². The molecule has 5 heterocycles. The van der Waals surface area contributed by atoms with E-state index in [9.17, 15) is 18.0 Å². The van der Waals surface area contributed by atoms with Gasteiger partial charge in [0, 0.05) is 47.8 Å². The molecule has 2 saturated heterocycles. The Morgan fingerprint density at radius 2 is 1.87 bits per heavy atom. The van der Waals surface area contributed by atoms with Crippen LogP contribution in [0.4, 0.5) is 5.69 Å². The van der Waals surface area contributed by atoms with Crippen LogP contribution in [0.25, 0.3) is 9.75 Å². The SMILES string of the molecule is O=C1[C@@H](NS(=O)(=O)c2ccc(-c3ccc(Cl)s3)s2)CCCN1CC(=O)N1CCC[C@H]1CNc1cccnc1. The number of anilines is 1. The summed E-state index contributed by atoms with van der Waals surface area (Å²) in [7, 11) is -3.90. The Hall–Kier alpha value is -2.51. The van der Waals surface area contributed by atoms with Gasteiger partial charge >= 0.3 is 0 Å². The van der Waals surface area contributed by atoms with Gasteiger partial charge in [0.05, 0.1) is 16.6 Å². The number of piperidine rings is 1. The minimum absolute atomic E-state index is 0.0307. The quantitative estimate of drug-likeness (QED) is 0.389. The fourth-order valence-corrected chi connectivity index (χ4v) is 8.51. The lowest BCUT2D eigenvalue weighted by molar-refractivity contribution is -0.143. The van der Waals surface area contributed by atoms with Crippen LogP contribution in [0.15, 0.2) is 53.0 Å². The number of hydrogen-bond acceptors (Lipinski definition) is 8. The van der Waals surface area contributed by atoms with E-state index in [2.05, 4.69) is 15.0 Å². The minimum Gasteiger partial charge on any atom is -0.382 e. The number of likely N-dealkylation sites (tertiary alicyclic amines) is 2. The number of carbonyl (C=O) groups is 2. The van der Waals surface area contributed by atoms with Crippen molar-refractivity contribution in [2.45, 2.75) is 42.0 Å². The molecule has 2 fully saturated rings. The summed E-state index contributed by atoms with van der Waals surface area (Å²) in [5, 5.41) is 3.33. The molecule has 202 valence electrons. The van der Waals surface area contributed by atoms with E-state index in [0.717, 1.165) is 39.6 Å². The average Bonchev–Trinajstić information content (AvgIpc) is 3.66. The van der Waals surface area contributed by atoms with Gasteiger partial charge < -0.3 is 15.1 Å². The molecule has 2 N–H and O–H groups in total. The molecular formula is C25H28ClN5O4S3. The van der Waals surface area contributed by atoms with E-state index in [0.29, 0.717) is 36.8 Å². The monoisotopic (exact) mass is 593 g/mol. The summed E-state index contributed by atoms with van der Waals surface area (Å²) >= 11 is 8.52. The maximum Gasteiger partial charge on any atom is 0.250 e. The maximum absolute atomic E-state index is 13.2. The van der Waals surface area contributed by atoms with Gasteiger partial charge in [-0.15, -0.1) is 22.7 Å². The number of rotatable bonds is 9. The Morgan fingerprint density at radius 3 is 2.63 bits per heavy atom. The van der Waals surface area contributed by atoms with Crippen molar-refractivity contribution in [2.75, 3.05) is 31.5 Å². The first kappa shape index (κ1) is 27.1. The number of nitrogens with one attached hydrogen (secondary N) is 2. The summed E-state index contributed by atoms with van der Waals surface area (Å²) < 4.78 is 29.5. The molecule has 9 nitrogen and oxygen atoms in total. The highest BCUT2D eigenvalue weighted by Gasteiger charge is 2.36. The Bertz CT molecular complexity index is 1390. The number of pyridine rings is 1. The van der Waals surface area contributed by atoms with Crippen LogP contribution in [0.3, 0.4) is 0 Å². The van der Waals surface area contributed by atoms with E-state index < -0.39 is 16.1 Å². The molecule has 2 atom stereocenters. The van der Waals surface area contributed by atoms with Crippen LogP contribution in [0.5, 0.6) is 0 Å². The highest BCUT2D eigenvalue weighted by molar-refractivity contribution is 7.91. The molecule has 0 bridgehead atoms. The molecule has 3 aromatic heterocycles. The molecule has 5 rings (SSSR count). The third-order valence-electron chi connectivity index (χ3n) is 6.72. The van der Waals surface area contributed by atoms with E-state index in [1.54, 1.807) is 24.5 Å². The number of amides is 2. The molecule has 0 saturated carbocycles. The second-order valence-electron chi connectivity index (χ2n) is 9.30. The van der Waals surface area contributed by atoms with Crippen molar-refractivity contribution in [2.24, 2.45) is 0 Å². The van der Waals surface area contributed by atoms with E-state index in [1.807, 2.05) is 23.1 Å². The average molecular weight is 594 g/mol. The van der Waals surface area contributed by atoms with Gasteiger partial charge in [-0.2, -0.15) is 4.72 Å². The van der Waals surface area contributed by atoms with Crippen molar-refractivity contribution >= 4 is 61.8 Å². The van der Waals surface area contributed by atoms with E-state index in [4.69, 9.17) is 11.6 Å². The van der Waals surface area contributed by atoms with E-state index in [1.165, 1.54) is 22.3 Å². The lowest BCUT2D eigenvalue weighted by atomic mass is 10.1. The molecule has 0 unspecified atom stereocenters. The number of sulfonamides is 1. The summed E-state index contributed by atoms with van der Waals surface area (Å²) in [4.78, 5) is 35.5. The molecule has 0 aliphatic carbocycles. The number of hydrogen-bond donors (Lipinski definition) is 2. The van der Waals surface area contributed by atoms with Crippen LogP contribution in [0, 0.1) is 0 Å². The zero-order chi connectivity index (χ0) is 26.7. The van der Waals surface area contributed by atoms with Crippen LogP contribution in [0.1, 0.15) is 25.7 Å². The van der Waals surface area contributed by atoms with Gasteiger partial charge in [0.1, 0.15) is 10.3 Å². The standard InChI is InChI=1S/C25H28ClN5O4S3/c26-22-9-7-20(36-22)21-8-10-24(37-21)38(34,35)29-19-6-3-12-30(25(19)33)16-23(32)31-13-2-5-18(31)15-28-17-4-1-11-27-14-17/h1,4,7-11,14,18-19,28-29H,2-3,5-6,12-13,15-16H2/t18-,19-/m0/s1. The van der Waals surface area contributed by atoms with E-state index in [-0.39, 0.29) is 28.6 Å². The van der Waals surface area contributed by atoms with Crippen LogP contribution < -0.4 is 10.0 Å². The number of halogens is 1. The van der Waals surface area contributed by atoms with Crippen molar-refractivity contribution in [3.63, 3.8) is 0 Å². The Balaban J connectivity index is 1.19. The lowest BCUT2D eigenvalue weighted by Gasteiger charge is -2.34. The molecule has 2 aliphatic heterocycles. The van der Waals surface area contributed by atoms with Gasteiger partial charge in [-0.05, 0) is 62.1 Å². The molecule has 38 heavy (non-hydrogen) atoms. The Kier molecular flexibility index (Phi) is 8.34. The number of carbonyl (C=O) groups excluding carboxylic acids is 2. The minimum atomic E-state index is -3.90. The van der Waals surface area contributed by atoms with Gasteiger partial charge in [0.15, 0.2) is 0 Å². The summed E-state index contributed by atoms with van der Waals surface area (Å²) in [6.07, 6.45) is 6.24. The van der Waals surface area contributed by atoms with Crippen LogP contribution >= 0.6 is 34.3 Å². The molecule has 0 spiro atoms. The number of nitrogens with zero attached hydrogens (tertiary/aromatic N) is 3. The molecular weight excluding hydrogens is 566 g/mol. The summed E-state index contributed by atoms with van der Waals surface area (Å²) in [5.74, 6) is -0.478. The van der Waals surface area contributed by atoms with Gasteiger partial charge in [-0.25, -0.2) is 8.42 Å². The molecule has 2 aliphatic rings. The zero-order valence-corrected chi connectivity index (χ0v) is 23.7. The Labute approximate surface area is 234 Å². The Morgan fingerprint density at radius 1 is 1.08 bits per heavy atom. The second kappa shape index (κ2) is 11.7. The number of thiophene rings is 2. The topological polar surface area (TPSA) is 112 Å². The van der Waals surface area contributed by atoms with Crippen molar-refractivity contribution in [3.05, 3.63) is 53.1 Å². The van der Waals surface area contributed by atoms with Crippen molar-refractivity contribution in [1.29, 1.82) is 0 Å². The molecule has 3 aromatic rings. The third-order valence-corrected chi connectivity index (χ3v) is 11.2. The predicted octanol–water partition coefficient (Wildman–Crippen LogP) is 3.90. The molecule has 13 heteroatoms. The van der Waals surface area contributed by atoms with Crippen LogP contribution in [-0.2, 0) is 19.6 Å². The van der Waals surface area contributed by atoms with Crippen molar-refractivity contribution in [1.82, 2.24) is 19.5 Å². The largest absolute Gasteiger partial charge is 0.382 e. The molecule has 0 radical (unpaired) electrons. The van der Waals surface area contributed by atoms with Gasteiger partial charge in [0.25, 0.3) is 10.0 Å². The smallest absolute Gasteiger partial charge is 0.250 e. The summed E-state index contributed by atoms with van der Waals surface area (Å²) in [6.45, 7) is 1.63. The second-order valence-corrected chi connectivity index (χ2v) is 14.0. The highest BCUT2D eigenvalue weighted by Crippen LogP contribution is 2.37. The van der Waals surface area contributed by atoms with Crippen LogP contribution in [0.2, 0.25) is 4.34 Å². The van der Waals surface area contributed by atoms with Crippen molar-refractivity contribution in [3.8, 4) is 9.75 Å². The molecule has 2 amide bonds. The third kappa shape index (κ3) is 6.20. The lowest BCUT2D eigenvalue weighted by Crippen LogP contribution is -2.55. The summed E-state index contributed by atoms with van der Waals surface area (Å²) in [5.41, 5.74) is 0.894.